The van der Waals surface area contributed by atoms with Crippen LogP contribution in [0.25, 0.3) is 0 Å². The summed E-state index contributed by atoms with van der Waals surface area (Å²) >= 11 is 0. The summed E-state index contributed by atoms with van der Waals surface area (Å²) in [6.45, 7) is 0. The van der Waals surface area contributed by atoms with Crippen LogP contribution in [0.15, 0.2) is 12.2 Å². The van der Waals surface area contributed by atoms with Crippen LogP contribution < -0.4 is 5.73 Å². The van der Waals surface area contributed by atoms with Gasteiger partial charge in [-0.1, -0.05) is 18.6 Å². The minimum absolute atomic E-state index is 0.525. The Bertz CT molecular complexity index is 201. The maximum absolute atomic E-state index is 6.27. The van der Waals surface area contributed by atoms with E-state index in [1.54, 1.807) is 0 Å². The first kappa shape index (κ1) is 7.14. The van der Waals surface area contributed by atoms with Gasteiger partial charge in [-0.25, -0.2) is 0 Å². The number of rotatable bonds is 0. The highest BCUT2D eigenvalue weighted by Crippen LogP contribution is 2.49. The molecule has 12 heavy (non-hydrogen) atoms. The summed E-state index contributed by atoms with van der Waals surface area (Å²) in [6, 6.07) is 0.525. The highest BCUT2D eigenvalue weighted by Gasteiger charge is 2.45. The highest BCUT2D eigenvalue weighted by atomic mass is 14.7. The molecule has 4 atom stereocenters. The summed E-state index contributed by atoms with van der Waals surface area (Å²) < 4.78 is 0. The van der Waals surface area contributed by atoms with Crippen molar-refractivity contribution < 1.29 is 0 Å². The lowest BCUT2D eigenvalue weighted by Crippen LogP contribution is -2.48. The maximum Gasteiger partial charge on any atom is 0.0107 e. The van der Waals surface area contributed by atoms with Gasteiger partial charge in [0.2, 0.25) is 0 Å². The zero-order valence-electron chi connectivity index (χ0n) is 7.45. The number of nitrogens with two attached hydrogens (primary N) is 1. The summed E-state index contributed by atoms with van der Waals surface area (Å²) in [5, 5.41) is 0. The molecule has 1 nitrogen and oxygen atoms in total. The summed E-state index contributed by atoms with van der Waals surface area (Å²) in [5.41, 5.74) is 6.27. The molecule has 4 unspecified atom stereocenters. The van der Waals surface area contributed by atoms with Crippen molar-refractivity contribution in [3.05, 3.63) is 12.2 Å². The molecule has 0 amide bonds. The topological polar surface area (TPSA) is 26.0 Å². The predicted octanol–water partition coefficient (Wildman–Crippen LogP) is 1.94. The molecule has 2 N–H and O–H groups in total. The molecule has 3 aliphatic rings. The van der Waals surface area contributed by atoms with Gasteiger partial charge in [-0.15, -0.1) is 0 Å². The fraction of sp³-hybridized carbons (Fsp3) is 0.818. The Morgan fingerprint density at radius 3 is 2.17 bits per heavy atom. The van der Waals surface area contributed by atoms with E-state index in [0.29, 0.717) is 6.04 Å². The smallest absolute Gasteiger partial charge is 0.0107 e. The van der Waals surface area contributed by atoms with Crippen molar-refractivity contribution in [3.8, 4) is 0 Å². The Morgan fingerprint density at radius 1 is 1.00 bits per heavy atom. The van der Waals surface area contributed by atoms with Gasteiger partial charge in [0.15, 0.2) is 0 Å². The van der Waals surface area contributed by atoms with Gasteiger partial charge in [0.25, 0.3) is 0 Å². The van der Waals surface area contributed by atoms with E-state index in [0.717, 1.165) is 23.7 Å². The Balaban J connectivity index is 1.97. The molecule has 1 heteroatoms. The van der Waals surface area contributed by atoms with Crippen LogP contribution in [-0.2, 0) is 0 Å². The fourth-order valence-corrected chi connectivity index (χ4v) is 3.68. The van der Waals surface area contributed by atoms with E-state index in [1.807, 2.05) is 0 Å². The minimum atomic E-state index is 0.525. The number of hydrogen-bond acceptors (Lipinski definition) is 1. The Kier molecular flexibility index (Phi) is 1.40. The minimum Gasteiger partial charge on any atom is -0.327 e. The predicted molar refractivity (Wildman–Crippen MR) is 49.5 cm³/mol. The molecule has 0 radical (unpaired) electrons. The molecule has 3 aliphatic carbocycles. The van der Waals surface area contributed by atoms with E-state index in [9.17, 15) is 0 Å². The van der Waals surface area contributed by atoms with Gasteiger partial charge in [0.1, 0.15) is 0 Å². The first-order valence-corrected chi connectivity index (χ1v) is 5.30. The van der Waals surface area contributed by atoms with Crippen LogP contribution in [0.2, 0.25) is 0 Å². The van der Waals surface area contributed by atoms with Crippen LogP contribution >= 0.6 is 0 Å². The van der Waals surface area contributed by atoms with Gasteiger partial charge >= 0.3 is 0 Å². The Labute approximate surface area is 74.0 Å². The highest BCUT2D eigenvalue weighted by molar-refractivity contribution is 5.14. The molecule has 0 heterocycles. The van der Waals surface area contributed by atoms with Crippen molar-refractivity contribution in [2.45, 2.75) is 31.7 Å². The average molecular weight is 163 g/mol. The summed E-state index contributed by atoms with van der Waals surface area (Å²) in [7, 11) is 0. The lowest BCUT2D eigenvalue weighted by Gasteiger charge is -2.45. The van der Waals surface area contributed by atoms with Crippen LogP contribution in [0.3, 0.4) is 0 Å². The largest absolute Gasteiger partial charge is 0.327 e. The summed E-state index contributed by atoms with van der Waals surface area (Å²) in [5.74, 6) is 3.36. The van der Waals surface area contributed by atoms with Gasteiger partial charge in [-0.05, 0) is 42.9 Å². The zero-order valence-corrected chi connectivity index (χ0v) is 7.45. The third kappa shape index (κ3) is 0.779. The first-order chi connectivity index (χ1) is 5.86. The summed E-state index contributed by atoms with van der Waals surface area (Å²) in [6.07, 6.45) is 10.5. The lowest BCUT2D eigenvalue weighted by molar-refractivity contribution is 0.0943. The number of fused-ring (bicyclic) bond motifs is 6. The lowest BCUT2D eigenvalue weighted by atomic mass is 9.63. The average Bonchev–Trinajstić information content (AvgIpc) is 2.47. The number of allylic oxidation sites excluding steroid dienone is 2. The van der Waals surface area contributed by atoms with Gasteiger partial charge in [0, 0.05) is 6.04 Å². The molecule has 4 bridgehead atoms. The quantitative estimate of drug-likeness (QED) is 0.543. The third-order valence-electron chi connectivity index (χ3n) is 4.31. The molecular formula is C11H17N. The molecular weight excluding hydrogens is 146 g/mol. The molecule has 0 aromatic heterocycles. The summed E-state index contributed by atoms with van der Waals surface area (Å²) in [4.78, 5) is 0. The van der Waals surface area contributed by atoms with Gasteiger partial charge in [-0.2, -0.15) is 0 Å². The first-order valence-electron chi connectivity index (χ1n) is 5.30. The van der Waals surface area contributed by atoms with Crippen LogP contribution in [-0.4, -0.2) is 6.04 Å². The molecule has 66 valence electrons. The van der Waals surface area contributed by atoms with Crippen molar-refractivity contribution in [2.75, 3.05) is 0 Å². The molecule has 0 aromatic rings. The van der Waals surface area contributed by atoms with Crippen LogP contribution in [0.4, 0.5) is 0 Å². The van der Waals surface area contributed by atoms with E-state index in [2.05, 4.69) is 12.2 Å². The van der Waals surface area contributed by atoms with Crippen molar-refractivity contribution in [1.82, 2.24) is 0 Å². The van der Waals surface area contributed by atoms with E-state index in [-0.39, 0.29) is 0 Å². The second-order valence-electron chi connectivity index (χ2n) is 4.78. The maximum atomic E-state index is 6.27. The molecule has 2 fully saturated rings. The van der Waals surface area contributed by atoms with E-state index in [4.69, 9.17) is 5.73 Å². The Morgan fingerprint density at radius 2 is 1.58 bits per heavy atom. The van der Waals surface area contributed by atoms with E-state index >= 15 is 0 Å². The van der Waals surface area contributed by atoms with Crippen LogP contribution in [0.5, 0.6) is 0 Å². The zero-order chi connectivity index (χ0) is 8.13. The van der Waals surface area contributed by atoms with Crippen molar-refractivity contribution in [3.63, 3.8) is 0 Å². The normalized spacial score (nSPS) is 55.9. The van der Waals surface area contributed by atoms with Gasteiger partial charge < -0.3 is 5.73 Å². The SMILES string of the molecule is NC1C2CCCC1C1C=CC2C1. The van der Waals surface area contributed by atoms with E-state index < -0.39 is 0 Å². The van der Waals surface area contributed by atoms with Crippen molar-refractivity contribution in [2.24, 2.45) is 29.4 Å². The molecule has 3 rings (SSSR count). The van der Waals surface area contributed by atoms with Crippen molar-refractivity contribution >= 4 is 0 Å². The second-order valence-corrected chi connectivity index (χ2v) is 4.78. The van der Waals surface area contributed by atoms with Gasteiger partial charge in [-0.3, -0.25) is 0 Å². The van der Waals surface area contributed by atoms with Crippen LogP contribution in [0, 0.1) is 23.7 Å². The standard InChI is InChI=1S/C11H17N/c12-11-9-2-1-3-10(11)8-5-4-7(9)6-8/h4-5,7-11H,1-3,6,12H2. The molecule has 0 spiro atoms. The number of hydrogen-bond donors (Lipinski definition) is 1. The van der Waals surface area contributed by atoms with Crippen LogP contribution in [0.1, 0.15) is 25.7 Å². The van der Waals surface area contributed by atoms with Crippen molar-refractivity contribution in [1.29, 1.82) is 0 Å². The molecule has 2 saturated carbocycles. The molecule has 0 saturated heterocycles. The third-order valence-corrected chi connectivity index (χ3v) is 4.31. The molecule has 0 aromatic carbocycles. The van der Waals surface area contributed by atoms with E-state index in [1.165, 1.54) is 25.7 Å². The Hall–Kier alpha value is -0.300. The molecule has 0 aliphatic heterocycles. The fourth-order valence-electron chi connectivity index (χ4n) is 3.68. The second kappa shape index (κ2) is 2.35. The monoisotopic (exact) mass is 163 g/mol. The van der Waals surface area contributed by atoms with Gasteiger partial charge in [0.05, 0.1) is 0 Å².